The number of imidazole rings is 1. The summed E-state index contributed by atoms with van der Waals surface area (Å²) in [5.41, 5.74) is 5.73. The summed E-state index contributed by atoms with van der Waals surface area (Å²) in [5, 5.41) is 16.8. The molecule has 0 atom stereocenters. The van der Waals surface area contributed by atoms with Crippen LogP contribution in [0.15, 0.2) is 17.6 Å². The number of nitrogen functional groups attached to an aromatic ring is 1. The van der Waals surface area contributed by atoms with E-state index in [4.69, 9.17) is 10.8 Å². The first-order chi connectivity index (χ1) is 9.08. The van der Waals surface area contributed by atoms with Gasteiger partial charge in [0.1, 0.15) is 5.82 Å². The van der Waals surface area contributed by atoms with E-state index >= 15 is 0 Å². The van der Waals surface area contributed by atoms with Crippen LogP contribution in [0.5, 0.6) is 0 Å². The van der Waals surface area contributed by atoms with Gasteiger partial charge in [-0.3, -0.25) is 9.36 Å². The molecule has 102 valence electrons. The van der Waals surface area contributed by atoms with Gasteiger partial charge in [-0.2, -0.15) is 0 Å². The van der Waals surface area contributed by atoms with Gasteiger partial charge in [-0.25, -0.2) is 4.98 Å². The zero-order valence-corrected chi connectivity index (χ0v) is 11.2. The van der Waals surface area contributed by atoms with Crippen molar-refractivity contribution in [3.05, 3.63) is 18.2 Å². The highest BCUT2D eigenvalue weighted by Gasteiger charge is 2.12. The first-order valence-corrected chi connectivity index (χ1v) is 6.56. The molecule has 2 rings (SSSR count). The average Bonchev–Trinajstić information content (AvgIpc) is 2.91. The summed E-state index contributed by atoms with van der Waals surface area (Å²) in [6, 6.07) is 0. The second-order valence-electron chi connectivity index (χ2n) is 3.88. The Bertz CT molecular complexity index is 578. The zero-order chi connectivity index (χ0) is 13.8. The summed E-state index contributed by atoms with van der Waals surface area (Å²) in [5.74, 6) is 0.229. The molecule has 0 bridgehead atoms. The van der Waals surface area contributed by atoms with Crippen molar-refractivity contribution in [2.75, 3.05) is 11.5 Å². The van der Waals surface area contributed by atoms with Crippen molar-refractivity contribution in [3.63, 3.8) is 0 Å². The van der Waals surface area contributed by atoms with Gasteiger partial charge in [0.2, 0.25) is 5.95 Å². The molecule has 0 aliphatic heterocycles. The van der Waals surface area contributed by atoms with E-state index in [-0.39, 0.29) is 11.7 Å². The summed E-state index contributed by atoms with van der Waals surface area (Å²) >= 11 is 1.10. The molecule has 2 heterocycles. The Morgan fingerprint density at radius 3 is 2.95 bits per heavy atom. The number of nitrogens with two attached hydrogens (primary N) is 1. The number of aromatic nitrogens is 5. The van der Waals surface area contributed by atoms with E-state index in [1.807, 2.05) is 17.8 Å². The van der Waals surface area contributed by atoms with Crippen molar-refractivity contribution in [1.82, 2.24) is 24.3 Å². The molecule has 0 fully saturated rings. The first-order valence-electron chi connectivity index (χ1n) is 5.57. The number of anilines is 1. The minimum absolute atomic E-state index is 0.0689. The number of carboxylic acid groups (broad SMARTS) is 1. The van der Waals surface area contributed by atoms with Crippen LogP contribution >= 0.6 is 11.8 Å². The van der Waals surface area contributed by atoms with Crippen LogP contribution in [0.25, 0.3) is 0 Å². The molecule has 19 heavy (non-hydrogen) atoms. The molecule has 8 nitrogen and oxygen atoms in total. The molecule has 9 heteroatoms. The topological polar surface area (TPSA) is 112 Å². The molecule has 0 aromatic carbocycles. The number of rotatable bonds is 6. The van der Waals surface area contributed by atoms with E-state index < -0.39 is 5.97 Å². The lowest BCUT2D eigenvalue weighted by Gasteiger charge is -2.07. The minimum atomic E-state index is -0.901. The van der Waals surface area contributed by atoms with Crippen LogP contribution in [-0.2, 0) is 24.8 Å². The van der Waals surface area contributed by atoms with Crippen LogP contribution in [0.4, 0.5) is 5.95 Å². The van der Waals surface area contributed by atoms with Crippen molar-refractivity contribution >= 4 is 23.7 Å². The van der Waals surface area contributed by atoms with Crippen LogP contribution in [0.2, 0.25) is 0 Å². The van der Waals surface area contributed by atoms with E-state index in [2.05, 4.69) is 15.2 Å². The highest BCUT2D eigenvalue weighted by atomic mass is 32.2. The van der Waals surface area contributed by atoms with Crippen LogP contribution in [0.1, 0.15) is 5.82 Å². The van der Waals surface area contributed by atoms with Gasteiger partial charge in [-0.05, 0) is 0 Å². The molecule has 0 radical (unpaired) electrons. The van der Waals surface area contributed by atoms with Crippen molar-refractivity contribution in [2.45, 2.75) is 18.1 Å². The van der Waals surface area contributed by atoms with Crippen LogP contribution < -0.4 is 5.73 Å². The lowest BCUT2D eigenvalue weighted by Crippen LogP contribution is -2.10. The molecule has 3 N–H and O–H groups in total. The molecule has 0 saturated heterocycles. The summed E-state index contributed by atoms with van der Waals surface area (Å²) in [4.78, 5) is 14.8. The summed E-state index contributed by atoms with van der Waals surface area (Å²) in [6.45, 7) is 0.561. The zero-order valence-electron chi connectivity index (χ0n) is 10.4. The normalized spacial score (nSPS) is 10.8. The lowest BCUT2D eigenvalue weighted by atomic mass is 10.4. The monoisotopic (exact) mass is 282 g/mol. The van der Waals surface area contributed by atoms with Gasteiger partial charge in [0.05, 0.1) is 5.75 Å². The van der Waals surface area contributed by atoms with Crippen LogP contribution in [0.3, 0.4) is 0 Å². The number of hydrogen-bond acceptors (Lipinski definition) is 6. The van der Waals surface area contributed by atoms with Gasteiger partial charge in [0.25, 0.3) is 0 Å². The molecule has 2 aromatic rings. The van der Waals surface area contributed by atoms with E-state index in [9.17, 15) is 4.79 Å². The highest BCUT2D eigenvalue weighted by molar-refractivity contribution is 7.99. The largest absolute Gasteiger partial charge is 0.481 e. The van der Waals surface area contributed by atoms with Crippen molar-refractivity contribution in [1.29, 1.82) is 0 Å². The fourth-order valence-corrected chi connectivity index (χ4v) is 2.28. The Morgan fingerprint density at radius 1 is 1.53 bits per heavy atom. The van der Waals surface area contributed by atoms with Gasteiger partial charge >= 0.3 is 5.97 Å². The molecular weight excluding hydrogens is 268 g/mol. The van der Waals surface area contributed by atoms with Crippen molar-refractivity contribution in [3.8, 4) is 0 Å². The second-order valence-corrected chi connectivity index (χ2v) is 4.82. The fourth-order valence-electron chi connectivity index (χ4n) is 1.59. The lowest BCUT2D eigenvalue weighted by molar-refractivity contribution is -0.133. The summed E-state index contributed by atoms with van der Waals surface area (Å²) in [7, 11) is 1.91. The van der Waals surface area contributed by atoms with Gasteiger partial charge in [0.15, 0.2) is 5.16 Å². The van der Waals surface area contributed by atoms with E-state index in [1.54, 1.807) is 10.8 Å². The summed E-state index contributed by atoms with van der Waals surface area (Å²) in [6.07, 6.45) is 4.27. The molecule has 0 unspecified atom stereocenters. The molecule has 0 saturated carbocycles. The maximum absolute atomic E-state index is 10.6. The van der Waals surface area contributed by atoms with Crippen molar-refractivity contribution < 1.29 is 9.90 Å². The van der Waals surface area contributed by atoms with E-state index in [0.29, 0.717) is 18.1 Å². The minimum Gasteiger partial charge on any atom is -0.481 e. The SMILES string of the molecule is Cn1ccnc1CCn1c(N)nnc1SCC(=O)O. The Balaban J connectivity index is 2.05. The Kier molecular flexibility index (Phi) is 4.05. The van der Waals surface area contributed by atoms with Gasteiger partial charge in [-0.1, -0.05) is 11.8 Å². The third kappa shape index (κ3) is 3.25. The first kappa shape index (κ1) is 13.4. The maximum Gasteiger partial charge on any atom is 0.313 e. The predicted octanol–water partition coefficient (Wildman–Crippen LogP) is 0.0132. The standard InChI is InChI=1S/C10H14N6O2S/c1-15-5-3-12-7(15)2-4-16-9(11)13-14-10(16)19-6-8(17)18/h3,5H,2,4,6H2,1H3,(H2,11,13)(H,17,18). The Labute approximate surface area is 113 Å². The predicted molar refractivity (Wildman–Crippen MR) is 69.7 cm³/mol. The molecule has 0 amide bonds. The third-order valence-corrected chi connectivity index (χ3v) is 3.50. The number of nitrogens with zero attached hydrogens (tertiary/aromatic N) is 5. The number of carbonyl (C=O) groups is 1. The molecule has 2 aromatic heterocycles. The van der Waals surface area contributed by atoms with Gasteiger partial charge in [-0.15, -0.1) is 10.2 Å². The smallest absolute Gasteiger partial charge is 0.313 e. The maximum atomic E-state index is 10.6. The number of hydrogen-bond donors (Lipinski definition) is 2. The molecule has 0 spiro atoms. The Morgan fingerprint density at radius 2 is 2.32 bits per heavy atom. The van der Waals surface area contributed by atoms with Crippen molar-refractivity contribution in [2.24, 2.45) is 7.05 Å². The highest BCUT2D eigenvalue weighted by Crippen LogP contribution is 2.18. The number of aliphatic carboxylic acids is 1. The Hall–Kier alpha value is -2.03. The number of thioether (sulfide) groups is 1. The molecular formula is C10H14N6O2S. The quantitative estimate of drug-likeness (QED) is 0.718. The number of aryl methyl sites for hydroxylation is 2. The van der Waals surface area contributed by atoms with E-state index in [0.717, 1.165) is 17.6 Å². The second kappa shape index (κ2) is 5.74. The average molecular weight is 282 g/mol. The van der Waals surface area contributed by atoms with E-state index in [1.165, 1.54) is 0 Å². The van der Waals surface area contributed by atoms with Gasteiger partial charge in [0, 0.05) is 32.4 Å². The third-order valence-electron chi connectivity index (χ3n) is 2.55. The van der Waals surface area contributed by atoms with Gasteiger partial charge < -0.3 is 15.4 Å². The van der Waals surface area contributed by atoms with Crippen LogP contribution in [0, 0.1) is 0 Å². The molecule has 0 aliphatic carbocycles. The fraction of sp³-hybridized carbons (Fsp3) is 0.400. The summed E-state index contributed by atoms with van der Waals surface area (Å²) < 4.78 is 3.62. The van der Waals surface area contributed by atoms with Crippen LogP contribution in [-0.4, -0.2) is 41.1 Å². The number of carboxylic acids is 1. The molecule has 0 aliphatic rings.